The van der Waals surface area contributed by atoms with Gasteiger partial charge in [-0.25, -0.2) is 4.39 Å². The van der Waals surface area contributed by atoms with E-state index in [1.54, 1.807) is 23.1 Å². The summed E-state index contributed by atoms with van der Waals surface area (Å²) < 4.78 is 20.1. The van der Waals surface area contributed by atoms with Crippen LogP contribution in [0.15, 0.2) is 48.5 Å². The minimum Gasteiger partial charge on any atom is -0.370 e. The highest BCUT2D eigenvalue weighted by molar-refractivity contribution is 6.31. The predicted molar refractivity (Wildman–Crippen MR) is 94.0 cm³/mol. The molecule has 1 aliphatic carbocycles. The largest absolute Gasteiger partial charge is 0.370 e. The first-order chi connectivity index (χ1) is 12.1. The topological polar surface area (TPSA) is 29.5 Å². The normalized spacial score (nSPS) is 21.8. The molecule has 2 fully saturated rings. The zero-order valence-electron chi connectivity index (χ0n) is 13.8. The summed E-state index contributed by atoms with van der Waals surface area (Å²) in [6, 6.07) is 14.1. The average molecular weight is 360 g/mol. The Morgan fingerprint density at radius 1 is 1.16 bits per heavy atom. The van der Waals surface area contributed by atoms with E-state index in [0.717, 1.165) is 5.56 Å². The van der Waals surface area contributed by atoms with Gasteiger partial charge in [0.1, 0.15) is 11.9 Å². The number of carbonyl (C=O) groups excluding carboxylic acids is 1. The van der Waals surface area contributed by atoms with Crippen LogP contribution in [-0.2, 0) is 14.9 Å². The van der Waals surface area contributed by atoms with Gasteiger partial charge in [0.05, 0.1) is 18.6 Å². The number of morpholine rings is 1. The summed E-state index contributed by atoms with van der Waals surface area (Å²) in [5.41, 5.74) is 0.700. The molecule has 4 rings (SSSR count). The fourth-order valence-electron chi connectivity index (χ4n) is 3.63. The van der Waals surface area contributed by atoms with E-state index >= 15 is 0 Å². The van der Waals surface area contributed by atoms with Crippen LogP contribution in [0.5, 0.6) is 0 Å². The van der Waals surface area contributed by atoms with Gasteiger partial charge in [-0.05, 0) is 25.0 Å². The SMILES string of the molecule is O=C(N1CCOC(c2ccccc2Cl)C1)C1(c2ccccc2F)CC1. The van der Waals surface area contributed by atoms with Crippen LogP contribution in [0, 0.1) is 5.82 Å². The molecule has 1 amide bonds. The molecule has 1 saturated heterocycles. The number of hydrogen-bond donors (Lipinski definition) is 0. The van der Waals surface area contributed by atoms with Crippen molar-refractivity contribution in [1.29, 1.82) is 0 Å². The fourth-order valence-corrected chi connectivity index (χ4v) is 3.89. The maximum atomic E-state index is 14.2. The molecule has 0 bridgehead atoms. The van der Waals surface area contributed by atoms with Crippen molar-refractivity contribution in [3.05, 3.63) is 70.5 Å². The van der Waals surface area contributed by atoms with Crippen molar-refractivity contribution in [3.8, 4) is 0 Å². The molecule has 0 aromatic heterocycles. The predicted octanol–water partition coefficient (Wildman–Crippen LogP) is 4.11. The molecule has 1 heterocycles. The Labute approximate surface area is 151 Å². The number of amides is 1. The van der Waals surface area contributed by atoms with E-state index in [0.29, 0.717) is 43.1 Å². The molecule has 2 aliphatic rings. The van der Waals surface area contributed by atoms with Crippen LogP contribution in [-0.4, -0.2) is 30.5 Å². The van der Waals surface area contributed by atoms with E-state index in [9.17, 15) is 9.18 Å². The summed E-state index contributed by atoms with van der Waals surface area (Å²) in [7, 11) is 0. The molecular formula is C20H19ClFNO2. The number of carbonyl (C=O) groups is 1. The Bertz CT molecular complexity index is 806. The van der Waals surface area contributed by atoms with Gasteiger partial charge in [-0.3, -0.25) is 4.79 Å². The minimum absolute atomic E-state index is 0.00189. The summed E-state index contributed by atoms with van der Waals surface area (Å²) >= 11 is 6.27. The van der Waals surface area contributed by atoms with Gasteiger partial charge in [0.25, 0.3) is 0 Å². The summed E-state index contributed by atoms with van der Waals surface area (Å²) in [5, 5.41) is 0.636. The van der Waals surface area contributed by atoms with Crippen LogP contribution in [0.2, 0.25) is 5.02 Å². The van der Waals surface area contributed by atoms with Crippen LogP contribution in [0.3, 0.4) is 0 Å². The monoisotopic (exact) mass is 359 g/mol. The van der Waals surface area contributed by atoms with Gasteiger partial charge in [-0.2, -0.15) is 0 Å². The van der Waals surface area contributed by atoms with Crippen molar-refractivity contribution in [2.24, 2.45) is 0 Å². The summed E-state index contributed by atoms with van der Waals surface area (Å²) in [5.74, 6) is -0.304. The molecule has 1 saturated carbocycles. The Hall–Kier alpha value is -1.91. The van der Waals surface area contributed by atoms with Crippen molar-refractivity contribution in [2.75, 3.05) is 19.7 Å². The first kappa shape index (κ1) is 16.6. The van der Waals surface area contributed by atoms with Crippen molar-refractivity contribution >= 4 is 17.5 Å². The fraction of sp³-hybridized carbons (Fsp3) is 0.350. The Morgan fingerprint density at radius 2 is 1.88 bits per heavy atom. The van der Waals surface area contributed by atoms with Gasteiger partial charge in [0, 0.05) is 22.7 Å². The molecule has 5 heteroatoms. The molecule has 0 N–H and O–H groups in total. The highest BCUT2D eigenvalue weighted by Gasteiger charge is 2.54. The van der Waals surface area contributed by atoms with Gasteiger partial charge in [-0.15, -0.1) is 0 Å². The van der Waals surface area contributed by atoms with Gasteiger partial charge < -0.3 is 9.64 Å². The Morgan fingerprint density at radius 3 is 2.60 bits per heavy atom. The van der Waals surface area contributed by atoms with Gasteiger partial charge in [-0.1, -0.05) is 48.0 Å². The van der Waals surface area contributed by atoms with Crippen molar-refractivity contribution in [2.45, 2.75) is 24.4 Å². The van der Waals surface area contributed by atoms with E-state index in [1.807, 2.05) is 24.3 Å². The molecule has 2 aromatic carbocycles. The molecule has 1 unspecified atom stereocenters. The number of ether oxygens (including phenoxy) is 1. The number of halogens is 2. The van der Waals surface area contributed by atoms with E-state index < -0.39 is 5.41 Å². The smallest absolute Gasteiger partial charge is 0.233 e. The third-order valence-corrected chi connectivity index (χ3v) is 5.50. The third kappa shape index (κ3) is 2.94. The van der Waals surface area contributed by atoms with Gasteiger partial charge in [0.15, 0.2) is 0 Å². The number of hydrogen-bond acceptors (Lipinski definition) is 2. The van der Waals surface area contributed by atoms with Gasteiger partial charge in [0.2, 0.25) is 5.91 Å². The lowest BCUT2D eigenvalue weighted by Gasteiger charge is -2.36. The molecule has 25 heavy (non-hydrogen) atoms. The average Bonchev–Trinajstić information content (AvgIpc) is 3.44. The summed E-state index contributed by atoms with van der Waals surface area (Å²) in [4.78, 5) is 15.0. The lowest BCUT2D eigenvalue weighted by atomic mass is 9.93. The highest BCUT2D eigenvalue weighted by Crippen LogP contribution is 2.50. The second-order valence-electron chi connectivity index (χ2n) is 6.69. The molecule has 1 aliphatic heterocycles. The molecule has 3 nitrogen and oxygen atoms in total. The number of rotatable bonds is 3. The Kier molecular flexibility index (Phi) is 4.26. The van der Waals surface area contributed by atoms with E-state index in [2.05, 4.69) is 0 Å². The second-order valence-corrected chi connectivity index (χ2v) is 7.10. The van der Waals surface area contributed by atoms with E-state index in [1.165, 1.54) is 6.07 Å². The lowest BCUT2D eigenvalue weighted by Crippen LogP contribution is -2.47. The van der Waals surface area contributed by atoms with Crippen molar-refractivity contribution in [1.82, 2.24) is 4.90 Å². The molecule has 130 valence electrons. The molecule has 0 spiro atoms. The lowest BCUT2D eigenvalue weighted by molar-refractivity contribution is -0.141. The zero-order chi connectivity index (χ0) is 17.4. The van der Waals surface area contributed by atoms with Crippen LogP contribution in [0.25, 0.3) is 0 Å². The summed E-state index contributed by atoms with van der Waals surface area (Å²) in [6.07, 6.45) is 1.14. The standard InChI is InChI=1S/C20H19ClFNO2/c21-16-7-3-1-5-14(16)18-13-23(11-12-25-18)19(24)20(9-10-20)15-6-2-4-8-17(15)22/h1-8,18H,9-13H2. The number of nitrogens with zero attached hydrogens (tertiary/aromatic N) is 1. The zero-order valence-corrected chi connectivity index (χ0v) is 14.5. The van der Waals surface area contributed by atoms with Crippen LogP contribution in [0.1, 0.15) is 30.1 Å². The van der Waals surface area contributed by atoms with E-state index in [4.69, 9.17) is 16.3 Å². The number of benzene rings is 2. The minimum atomic E-state index is -0.701. The quantitative estimate of drug-likeness (QED) is 0.825. The van der Waals surface area contributed by atoms with Gasteiger partial charge >= 0.3 is 0 Å². The van der Waals surface area contributed by atoms with Crippen LogP contribution in [0.4, 0.5) is 4.39 Å². The maximum Gasteiger partial charge on any atom is 0.233 e. The van der Waals surface area contributed by atoms with Crippen molar-refractivity contribution < 1.29 is 13.9 Å². The molecule has 2 aromatic rings. The first-order valence-corrected chi connectivity index (χ1v) is 8.90. The third-order valence-electron chi connectivity index (χ3n) is 5.15. The van der Waals surface area contributed by atoms with Crippen molar-refractivity contribution in [3.63, 3.8) is 0 Å². The summed E-state index contributed by atoms with van der Waals surface area (Å²) in [6.45, 7) is 1.42. The second kappa shape index (κ2) is 6.43. The maximum absolute atomic E-state index is 14.2. The molecule has 1 atom stereocenters. The van der Waals surface area contributed by atoms with E-state index in [-0.39, 0.29) is 17.8 Å². The Balaban J connectivity index is 1.57. The molecule has 0 radical (unpaired) electrons. The van der Waals surface area contributed by atoms with Crippen LogP contribution < -0.4 is 0 Å². The first-order valence-electron chi connectivity index (χ1n) is 8.52. The van der Waals surface area contributed by atoms with Crippen LogP contribution >= 0.6 is 11.6 Å². The highest BCUT2D eigenvalue weighted by atomic mass is 35.5. The molecular weight excluding hydrogens is 341 g/mol.